The average molecular weight is 352 g/mol. The second kappa shape index (κ2) is 8.89. The number of nitrogens with zero attached hydrogens (tertiary/aromatic N) is 3. The summed E-state index contributed by atoms with van der Waals surface area (Å²) < 4.78 is 10.3. The van der Waals surface area contributed by atoms with Crippen LogP contribution >= 0.6 is 11.3 Å². The van der Waals surface area contributed by atoms with E-state index in [4.69, 9.17) is 9.47 Å². The third kappa shape index (κ3) is 5.25. The zero-order chi connectivity index (χ0) is 17.4. The van der Waals surface area contributed by atoms with Gasteiger partial charge in [0.15, 0.2) is 5.75 Å². The van der Waals surface area contributed by atoms with E-state index in [1.54, 1.807) is 19.2 Å². The maximum atomic E-state index is 11.8. The monoisotopic (exact) mass is 352 g/mol. The van der Waals surface area contributed by atoms with Crippen molar-refractivity contribution in [2.24, 2.45) is 0 Å². The first-order chi connectivity index (χ1) is 11.6. The van der Waals surface area contributed by atoms with Gasteiger partial charge in [-0.1, -0.05) is 23.5 Å². The number of benzene rings is 1. The first kappa shape index (κ1) is 17.8. The molecule has 0 saturated heterocycles. The fourth-order valence-electron chi connectivity index (χ4n) is 1.81. The molecule has 1 heterocycles. The number of hydrogen-bond donors (Lipinski definition) is 1. The molecule has 0 fully saturated rings. The van der Waals surface area contributed by atoms with Crippen LogP contribution < -0.4 is 10.1 Å². The molecule has 1 aromatic heterocycles. The smallest absolute Gasteiger partial charge is 0.310 e. The molecule has 24 heavy (non-hydrogen) atoms. The van der Waals surface area contributed by atoms with Gasteiger partial charge in [0.25, 0.3) is 0 Å². The van der Waals surface area contributed by atoms with E-state index >= 15 is 0 Å². The van der Waals surface area contributed by atoms with Crippen molar-refractivity contribution in [1.29, 1.82) is 0 Å². The van der Waals surface area contributed by atoms with Gasteiger partial charge in [-0.3, -0.25) is 14.9 Å². The highest BCUT2D eigenvalue weighted by molar-refractivity contribution is 7.15. The summed E-state index contributed by atoms with van der Waals surface area (Å²) in [6, 6.07) is 6.12. The molecule has 10 heteroatoms. The molecular formula is C14H16N4O5S. The zero-order valence-electron chi connectivity index (χ0n) is 12.9. The molecular weight excluding hydrogens is 336 g/mol. The molecule has 0 aliphatic heterocycles. The number of aromatic nitrogens is 2. The molecule has 9 nitrogen and oxygen atoms in total. The minimum Gasteiger partial charge on any atom is -0.487 e. The standard InChI is InChI=1S/C14H16N4O5S/c1-22-9-13-16-17-14(24-13)15-12(19)7-4-8-23-11-6-3-2-5-10(11)18(20)21/h2-3,5-6H,4,7-9H2,1H3,(H,15,17,19). The Hall–Kier alpha value is -2.59. The molecule has 1 aromatic carbocycles. The van der Waals surface area contributed by atoms with Crippen LogP contribution in [-0.2, 0) is 16.1 Å². The summed E-state index contributed by atoms with van der Waals surface area (Å²) >= 11 is 1.24. The van der Waals surface area contributed by atoms with Gasteiger partial charge in [0, 0.05) is 19.6 Å². The zero-order valence-corrected chi connectivity index (χ0v) is 13.7. The van der Waals surface area contributed by atoms with E-state index in [1.165, 1.54) is 23.5 Å². The number of anilines is 1. The second-order valence-electron chi connectivity index (χ2n) is 4.66. The first-order valence-corrected chi connectivity index (χ1v) is 7.89. The van der Waals surface area contributed by atoms with E-state index in [9.17, 15) is 14.9 Å². The van der Waals surface area contributed by atoms with Gasteiger partial charge in [-0.2, -0.15) is 0 Å². The van der Waals surface area contributed by atoms with Gasteiger partial charge in [-0.25, -0.2) is 0 Å². The van der Waals surface area contributed by atoms with E-state index in [0.717, 1.165) is 0 Å². The van der Waals surface area contributed by atoms with Crippen LogP contribution in [0, 0.1) is 10.1 Å². The number of carbonyl (C=O) groups excluding carboxylic acids is 1. The Balaban J connectivity index is 1.74. The van der Waals surface area contributed by atoms with Crippen molar-refractivity contribution < 1.29 is 19.2 Å². The number of nitro groups is 1. The molecule has 0 unspecified atom stereocenters. The number of ether oxygens (including phenoxy) is 2. The Morgan fingerprint density at radius 2 is 2.17 bits per heavy atom. The largest absolute Gasteiger partial charge is 0.487 e. The fourth-order valence-corrected chi connectivity index (χ4v) is 2.54. The first-order valence-electron chi connectivity index (χ1n) is 7.07. The summed E-state index contributed by atoms with van der Waals surface area (Å²) in [5.41, 5.74) is -0.0958. The van der Waals surface area contributed by atoms with Gasteiger partial charge in [0.2, 0.25) is 11.0 Å². The van der Waals surface area contributed by atoms with Crippen LogP contribution in [0.15, 0.2) is 24.3 Å². The Morgan fingerprint density at radius 1 is 1.38 bits per heavy atom. The van der Waals surface area contributed by atoms with E-state index in [-0.39, 0.29) is 30.4 Å². The molecule has 0 bridgehead atoms. The lowest BCUT2D eigenvalue weighted by molar-refractivity contribution is -0.385. The van der Waals surface area contributed by atoms with Gasteiger partial charge in [0.05, 0.1) is 11.5 Å². The molecule has 0 spiro atoms. The van der Waals surface area contributed by atoms with Crippen molar-refractivity contribution in [2.45, 2.75) is 19.4 Å². The lowest BCUT2D eigenvalue weighted by Gasteiger charge is -2.06. The molecule has 0 aliphatic carbocycles. The van der Waals surface area contributed by atoms with Gasteiger partial charge in [-0.15, -0.1) is 10.2 Å². The minimum absolute atomic E-state index is 0.0958. The number of nitrogens with one attached hydrogen (secondary N) is 1. The van der Waals surface area contributed by atoms with Gasteiger partial charge >= 0.3 is 5.69 Å². The lowest BCUT2D eigenvalue weighted by Crippen LogP contribution is -2.12. The van der Waals surface area contributed by atoms with Crippen molar-refractivity contribution in [1.82, 2.24) is 10.2 Å². The Labute approximate surface area is 141 Å². The highest BCUT2D eigenvalue weighted by atomic mass is 32.1. The molecule has 2 aromatic rings. The normalized spacial score (nSPS) is 10.4. The summed E-state index contributed by atoms with van der Waals surface area (Å²) in [6.07, 6.45) is 0.626. The molecule has 2 rings (SSSR count). The number of amides is 1. The average Bonchev–Trinajstić information content (AvgIpc) is 2.99. The van der Waals surface area contributed by atoms with E-state index in [0.29, 0.717) is 23.2 Å². The number of hydrogen-bond acceptors (Lipinski definition) is 8. The SMILES string of the molecule is COCc1nnc(NC(=O)CCCOc2ccccc2[N+](=O)[O-])s1. The van der Waals surface area contributed by atoms with Crippen molar-refractivity contribution in [2.75, 3.05) is 19.0 Å². The van der Waals surface area contributed by atoms with Crippen LogP contribution in [-0.4, -0.2) is 34.7 Å². The van der Waals surface area contributed by atoms with Gasteiger partial charge < -0.3 is 14.8 Å². The predicted molar refractivity (Wildman–Crippen MR) is 87.1 cm³/mol. The van der Waals surface area contributed by atoms with Crippen molar-refractivity contribution in [3.63, 3.8) is 0 Å². The van der Waals surface area contributed by atoms with Crippen molar-refractivity contribution in [3.05, 3.63) is 39.4 Å². The Bertz CT molecular complexity index is 706. The molecule has 128 valence electrons. The highest BCUT2D eigenvalue weighted by Gasteiger charge is 2.13. The molecule has 1 amide bonds. The summed E-state index contributed by atoms with van der Waals surface area (Å²) in [6.45, 7) is 0.542. The molecule has 1 N–H and O–H groups in total. The van der Waals surface area contributed by atoms with Gasteiger partial charge in [-0.05, 0) is 12.5 Å². The van der Waals surface area contributed by atoms with E-state index in [2.05, 4.69) is 15.5 Å². The fraction of sp³-hybridized carbons (Fsp3) is 0.357. The van der Waals surface area contributed by atoms with Crippen LogP contribution in [0.2, 0.25) is 0 Å². The summed E-state index contributed by atoms with van der Waals surface area (Å²) in [4.78, 5) is 22.1. The number of nitro benzene ring substituents is 1. The quantitative estimate of drug-likeness (QED) is 0.418. The summed E-state index contributed by atoms with van der Waals surface area (Å²) in [7, 11) is 1.55. The molecule has 0 atom stereocenters. The van der Waals surface area contributed by atoms with Crippen LogP contribution in [0.1, 0.15) is 17.8 Å². The Kier molecular flexibility index (Phi) is 6.58. The maximum absolute atomic E-state index is 11.8. The summed E-state index contributed by atoms with van der Waals surface area (Å²) in [5, 5.41) is 22.3. The van der Waals surface area contributed by atoms with E-state index < -0.39 is 4.92 Å². The van der Waals surface area contributed by atoms with Crippen molar-refractivity contribution >= 4 is 28.1 Å². The highest BCUT2D eigenvalue weighted by Crippen LogP contribution is 2.25. The number of para-hydroxylation sites is 2. The number of rotatable bonds is 9. The lowest BCUT2D eigenvalue weighted by atomic mass is 10.3. The molecule has 0 radical (unpaired) electrons. The number of methoxy groups -OCH3 is 1. The minimum atomic E-state index is -0.505. The topological polar surface area (TPSA) is 116 Å². The third-order valence-electron chi connectivity index (χ3n) is 2.85. The van der Waals surface area contributed by atoms with Gasteiger partial charge in [0.1, 0.15) is 11.6 Å². The molecule has 0 saturated carbocycles. The maximum Gasteiger partial charge on any atom is 0.310 e. The number of carbonyl (C=O) groups is 1. The van der Waals surface area contributed by atoms with Crippen LogP contribution in [0.5, 0.6) is 5.75 Å². The second-order valence-corrected chi connectivity index (χ2v) is 5.72. The van der Waals surface area contributed by atoms with Crippen LogP contribution in [0.25, 0.3) is 0 Å². The summed E-state index contributed by atoms with van der Waals surface area (Å²) in [5.74, 6) is -0.0301. The van der Waals surface area contributed by atoms with E-state index in [1.807, 2.05) is 0 Å². The predicted octanol–water partition coefficient (Wildman–Crippen LogP) is 2.39. The van der Waals surface area contributed by atoms with Crippen LogP contribution in [0.4, 0.5) is 10.8 Å². The Morgan fingerprint density at radius 3 is 2.92 bits per heavy atom. The van der Waals surface area contributed by atoms with Crippen LogP contribution in [0.3, 0.4) is 0 Å². The molecule has 0 aliphatic rings. The van der Waals surface area contributed by atoms with Crippen molar-refractivity contribution in [3.8, 4) is 5.75 Å². The third-order valence-corrected chi connectivity index (χ3v) is 3.66.